The zero-order valence-electron chi connectivity index (χ0n) is 10.1. The summed E-state index contributed by atoms with van der Waals surface area (Å²) in [6.45, 7) is 4.20. The lowest BCUT2D eigenvalue weighted by Crippen LogP contribution is -2.25. The highest BCUT2D eigenvalue weighted by atomic mass is 16.4. The molecule has 1 aromatic carbocycles. The van der Waals surface area contributed by atoms with E-state index in [4.69, 9.17) is 5.11 Å². The second-order valence-corrected chi connectivity index (χ2v) is 4.07. The van der Waals surface area contributed by atoms with Crippen molar-refractivity contribution in [3.8, 4) is 0 Å². The summed E-state index contributed by atoms with van der Waals surface area (Å²) in [4.78, 5) is 22.1. The Morgan fingerprint density at radius 3 is 2.65 bits per heavy atom. The van der Waals surface area contributed by atoms with Gasteiger partial charge in [-0.05, 0) is 31.9 Å². The van der Waals surface area contributed by atoms with Crippen LogP contribution in [0.2, 0.25) is 0 Å². The van der Waals surface area contributed by atoms with E-state index in [0.717, 1.165) is 11.1 Å². The van der Waals surface area contributed by atoms with Gasteiger partial charge in [0.25, 0.3) is 5.91 Å². The van der Waals surface area contributed by atoms with Crippen molar-refractivity contribution in [3.63, 3.8) is 0 Å². The van der Waals surface area contributed by atoms with Crippen LogP contribution in [0.1, 0.15) is 34.3 Å². The summed E-state index contributed by atoms with van der Waals surface area (Å²) in [5.74, 6) is -0.984. The molecule has 0 spiro atoms. The average molecular weight is 235 g/mol. The molecule has 1 aromatic rings. The highest BCUT2D eigenvalue weighted by molar-refractivity contribution is 5.95. The van der Waals surface area contributed by atoms with Gasteiger partial charge < -0.3 is 10.4 Å². The first kappa shape index (κ1) is 13.2. The van der Waals surface area contributed by atoms with Crippen molar-refractivity contribution >= 4 is 11.9 Å². The second kappa shape index (κ2) is 6.03. The minimum Gasteiger partial charge on any atom is -0.481 e. The monoisotopic (exact) mass is 235 g/mol. The number of hydrogen-bond acceptors (Lipinski definition) is 2. The van der Waals surface area contributed by atoms with Crippen LogP contribution >= 0.6 is 0 Å². The molecule has 17 heavy (non-hydrogen) atoms. The van der Waals surface area contributed by atoms with Gasteiger partial charge in [-0.1, -0.05) is 17.7 Å². The van der Waals surface area contributed by atoms with E-state index in [1.807, 2.05) is 32.0 Å². The van der Waals surface area contributed by atoms with Crippen LogP contribution in [0.3, 0.4) is 0 Å². The molecular weight excluding hydrogens is 218 g/mol. The topological polar surface area (TPSA) is 66.4 Å². The molecular formula is C13H17NO3. The first-order chi connectivity index (χ1) is 8.00. The number of hydrogen-bond donors (Lipinski definition) is 2. The number of aryl methyl sites for hydroxylation is 2. The fourth-order valence-corrected chi connectivity index (χ4v) is 1.52. The van der Waals surface area contributed by atoms with Crippen LogP contribution in [-0.2, 0) is 4.79 Å². The van der Waals surface area contributed by atoms with Crippen molar-refractivity contribution in [2.24, 2.45) is 0 Å². The molecule has 0 bridgehead atoms. The molecule has 0 atom stereocenters. The van der Waals surface area contributed by atoms with E-state index in [0.29, 0.717) is 18.5 Å². The molecule has 0 fully saturated rings. The summed E-state index contributed by atoms with van der Waals surface area (Å²) in [5.41, 5.74) is 2.61. The third kappa shape index (κ3) is 4.26. The minimum absolute atomic E-state index is 0.0765. The van der Waals surface area contributed by atoms with Crippen LogP contribution in [0.5, 0.6) is 0 Å². The van der Waals surface area contributed by atoms with Gasteiger partial charge in [-0.15, -0.1) is 0 Å². The number of carbonyl (C=O) groups excluding carboxylic acids is 1. The van der Waals surface area contributed by atoms with Gasteiger partial charge in [0.05, 0.1) is 0 Å². The quantitative estimate of drug-likeness (QED) is 0.766. The summed E-state index contributed by atoms with van der Waals surface area (Å²) in [6.07, 6.45) is 0.527. The summed E-state index contributed by atoms with van der Waals surface area (Å²) in [5, 5.41) is 11.2. The van der Waals surface area contributed by atoms with Crippen LogP contribution < -0.4 is 5.32 Å². The predicted octanol–water partition coefficient (Wildman–Crippen LogP) is 1.90. The smallest absolute Gasteiger partial charge is 0.303 e. The number of rotatable bonds is 5. The Morgan fingerprint density at radius 2 is 2.00 bits per heavy atom. The van der Waals surface area contributed by atoms with Gasteiger partial charge in [0, 0.05) is 18.5 Å². The van der Waals surface area contributed by atoms with Crippen molar-refractivity contribution in [1.82, 2.24) is 5.32 Å². The van der Waals surface area contributed by atoms with Gasteiger partial charge in [0.1, 0.15) is 0 Å². The number of nitrogens with one attached hydrogen (secondary N) is 1. The molecule has 4 nitrogen and oxygen atoms in total. The molecule has 0 saturated carbocycles. The molecule has 2 N–H and O–H groups in total. The number of carbonyl (C=O) groups is 2. The fourth-order valence-electron chi connectivity index (χ4n) is 1.52. The van der Waals surface area contributed by atoms with Gasteiger partial charge in [0.2, 0.25) is 0 Å². The zero-order valence-corrected chi connectivity index (χ0v) is 10.1. The number of aliphatic carboxylic acids is 1. The standard InChI is InChI=1S/C13H17NO3/c1-9-5-6-10(2)11(8-9)13(17)14-7-3-4-12(15)16/h5-6,8H,3-4,7H2,1-2H3,(H,14,17)(H,15,16). The second-order valence-electron chi connectivity index (χ2n) is 4.07. The molecule has 1 amide bonds. The maximum absolute atomic E-state index is 11.8. The average Bonchev–Trinajstić information content (AvgIpc) is 2.27. The minimum atomic E-state index is -0.842. The SMILES string of the molecule is Cc1ccc(C)c(C(=O)NCCCC(=O)O)c1. The predicted molar refractivity (Wildman–Crippen MR) is 65.1 cm³/mol. The van der Waals surface area contributed by atoms with Gasteiger partial charge >= 0.3 is 5.97 Å². The van der Waals surface area contributed by atoms with E-state index < -0.39 is 5.97 Å². The molecule has 92 valence electrons. The normalized spacial score (nSPS) is 10.0. The maximum atomic E-state index is 11.8. The third-order valence-corrected chi connectivity index (χ3v) is 2.49. The lowest BCUT2D eigenvalue weighted by atomic mass is 10.1. The summed E-state index contributed by atoms with van der Waals surface area (Å²) >= 11 is 0. The molecule has 4 heteroatoms. The van der Waals surface area contributed by atoms with E-state index >= 15 is 0 Å². The fraction of sp³-hybridized carbons (Fsp3) is 0.385. The van der Waals surface area contributed by atoms with Crippen LogP contribution in [0.25, 0.3) is 0 Å². The van der Waals surface area contributed by atoms with Crippen molar-refractivity contribution in [2.75, 3.05) is 6.54 Å². The maximum Gasteiger partial charge on any atom is 0.303 e. The number of benzene rings is 1. The van der Waals surface area contributed by atoms with E-state index in [1.54, 1.807) is 0 Å². The van der Waals surface area contributed by atoms with Crippen molar-refractivity contribution in [2.45, 2.75) is 26.7 Å². The highest BCUT2D eigenvalue weighted by Crippen LogP contribution is 2.10. The molecule has 0 aliphatic rings. The van der Waals surface area contributed by atoms with Crippen LogP contribution in [0, 0.1) is 13.8 Å². The van der Waals surface area contributed by atoms with Crippen molar-refractivity contribution < 1.29 is 14.7 Å². The van der Waals surface area contributed by atoms with E-state index in [9.17, 15) is 9.59 Å². The van der Waals surface area contributed by atoms with Crippen molar-refractivity contribution in [3.05, 3.63) is 34.9 Å². The highest BCUT2D eigenvalue weighted by Gasteiger charge is 2.08. The van der Waals surface area contributed by atoms with E-state index in [-0.39, 0.29) is 12.3 Å². The third-order valence-electron chi connectivity index (χ3n) is 2.49. The summed E-state index contributed by atoms with van der Waals surface area (Å²) in [7, 11) is 0. The molecule has 0 radical (unpaired) electrons. The van der Waals surface area contributed by atoms with Crippen LogP contribution in [-0.4, -0.2) is 23.5 Å². The Bertz CT molecular complexity index is 427. The van der Waals surface area contributed by atoms with Gasteiger partial charge in [-0.25, -0.2) is 0 Å². The molecule has 0 aromatic heterocycles. The Hall–Kier alpha value is -1.84. The summed E-state index contributed by atoms with van der Waals surface area (Å²) < 4.78 is 0. The van der Waals surface area contributed by atoms with Gasteiger partial charge in [0.15, 0.2) is 0 Å². The largest absolute Gasteiger partial charge is 0.481 e. The molecule has 0 saturated heterocycles. The molecule has 0 aliphatic heterocycles. The first-order valence-corrected chi connectivity index (χ1v) is 5.58. The molecule has 0 unspecified atom stereocenters. The summed E-state index contributed by atoms with van der Waals surface area (Å²) in [6, 6.07) is 5.69. The molecule has 1 rings (SSSR count). The zero-order chi connectivity index (χ0) is 12.8. The Labute approximate surface area is 101 Å². The Kier molecular flexibility index (Phi) is 4.69. The van der Waals surface area contributed by atoms with Gasteiger partial charge in [-0.2, -0.15) is 0 Å². The van der Waals surface area contributed by atoms with Crippen LogP contribution in [0.15, 0.2) is 18.2 Å². The van der Waals surface area contributed by atoms with Crippen LogP contribution in [0.4, 0.5) is 0 Å². The number of amides is 1. The first-order valence-electron chi connectivity index (χ1n) is 5.58. The number of carboxylic acids is 1. The lowest BCUT2D eigenvalue weighted by molar-refractivity contribution is -0.137. The van der Waals surface area contributed by atoms with Crippen molar-refractivity contribution in [1.29, 1.82) is 0 Å². The Balaban J connectivity index is 2.52. The number of carboxylic acid groups (broad SMARTS) is 1. The molecule has 0 heterocycles. The van der Waals surface area contributed by atoms with E-state index in [1.165, 1.54) is 0 Å². The molecule has 0 aliphatic carbocycles. The van der Waals surface area contributed by atoms with Gasteiger partial charge in [-0.3, -0.25) is 9.59 Å². The lowest BCUT2D eigenvalue weighted by Gasteiger charge is -2.07. The Morgan fingerprint density at radius 1 is 1.29 bits per heavy atom. The van der Waals surface area contributed by atoms with E-state index in [2.05, 4.69) is 5.32 Å².